The lowest BCUT2D eigenvalue weighted by atomic mass is 10.1. The van der Waals surface area contributed by atoms with Crippen LogP contribution in [-0.4, -0.2) is 37.1 Å². The average Bonchev–Trinajstić information content (AvgIpc) is 2.60. The summed E-state index contributed by atoms with van der Waals surface area (Å²) in [5.41, 5.74) is 2.53. The van der Waals surface area contributed by atoms with Crippen molar-refractivity contribution in [2.45, 2.75) is 26.0 Å². The van der Waals surface area contributed by atoms with E-state index in [1.54, 1.807) is 0 Å². The van der Waals surface area contributed by atoms with Crippen LogP contribution in [0.3, 0.4) is 0 Å². The first kappa shape index (κ1) is 17.5. The highest BCUT2D eigenvalue weighted by Gasteiger charge is 2.15. The minimum atomic E-state index is 0.595. The van der Waals surface area contributed by atoms with Crippen molar-refractivity contribution >= 4 is 15.9 Å². The van der Waals surface area contributed by atoms with Gasteiger partial charge < -0.3 is 15.0 Å². The average molecular weight is 389 g/mol. The predicted octanol–water partition coefficient (Wildman–Crippen LogP) is 3.86. The Hall–Kier alpha value is -1.36. The summed E-state index contributed by atoms with van der Waals surface area (Å²) in [7, 11) is 0. The number of nitrogens with zero attached hydrogens (tertiary/aromatic N) is 1. The van der Waals surface area contributed by atoms with E-state index in [9.17, 15) is 0 Å². The molecule has 1 atom stereocenters. The number of ether oxygens (including phenoxy) is 1. The normalized spacial score (nSPS) is 18.5. The van der Waals surface area contributed by atoms with Gasteiger partial charge in [-0.3, -0.25) is 0 Å². The van der Waals surface area contributed by atoms with Gasteiger partial charge >= 0.3 is 0 Å². The van der Waals surface area contributed by atoms with Crippen molar-refractivity contribution in [2.75, 3.05) is 26.2 Å². The third kappa shape index (κ3) is 5.07. The number of hydrogen-bond donors (Lipinski definition) is 1. The zero-order valence-electron chi connectivity index (χ0n) is 14.2. The van der Waals surface area contributed by atoms with Gasteiger partial charge in [-0.1, -0.05) is 36.4 Å². The van der Waals surface area contributed by atoms with Crippen LogP contribution in [0.1, 0.15) is 18.1 Å². The number of nitrogens with one attached hydrogen (secondary N) is 1. The van der Waals surface area contributed by atoms with Gasteiger partial charge in [-0.15, -0.1) is 0 Å². The van der Waals surface area contributed by atoms with Crippen LogP contribution in [0.15, 0.2) is 53.0 Å². The van der Waals surface area contributed by atoms with Crippen molar-refractivity contribution in [3.8, 4) is 5.75 Å². The summed E-state index contributed by atoms with van der Waals surface area (Å²) in [5.74, 6) is 0.901. The molecule has 0 aromatic heterocycles. The standard InChI is InChI=1S/C20H25BrN2O/c1-16-14-23(12-10-22-16)11-9-17-7-8-20(19(21)13-17)24-15-18-5-3-2-4-6-18/h2-8,13,16,22H,9-12,14-15H2,1H3/t16-/m1/s1. The van der Waals surface area contributed by atoms with Crippen molar-refractivity contribution in [1.29, 1.82) is 0 Å². The van der Waals surface area contributed by atoms with Crippen LogP contribution in [0.5, 0.6) is 5.75 Å². The van der Waals surface area contributed by atoms with E-state index in [1.807, 2.05) is 18.2 Å². The SMILES string of the molecule is C[C@@H]1CN(CCc2ccc(OCc3ccccc3)c(Br)c2)CCN1. The summed E-state index contributed by atoms with van der Waals surface area (Å²) in [5, 5.41) is 3.49. The smallest absolute Gasteiger partial charge is 0.134 e. The summed E-state index contributed by atoms with van der Waals surface area (Å²) >= 11 is 3.65. The van der Waals surface area contributed by atoms with Crippen molar-refractivity contribution in [3.05, 3.63) is 64.1 Å². The third-order valence-electron chi connectivity index (χ3n) is 4.40. The maximum absolute atomic E-state index is 5.92. The number of piperazine rings is 1. The first-order chi connectivity index (χ1) is 11.7. The van der Waals surface area contributed by atoms with E-state index in [-0.39, 0.29) is 0 Å². The Bertz CT molecular complexity index is 647. The maximum atomic E-state index is 5.92. The van der Waals surface area contributed by atoms with Crippen molar-refractivity contribution in [1.82, 2.24) is 10.2 Å². The Balaban J connectivity index is 1.52. The molecule has 128 valence electrons. The molecular formula is C20H25BrN2O. The van der Waals surface area contributed by atoms with Crippen LogP contribution in [0.4, 0.5) is 0 Å². The molecule has 3 nitrogen and oxygen atoms in total. The molecule has 1 aliphatic heterocycles. The molecule has 1 N–H and O–H groups in total. The fourth-order valence-corrected chi connectivity index (χ4v) is 3.60. The van der Waals surface area contributed by atoms with Gasteiger partial charge in [-0.25, -0.2) is 0 Å². The monoisotopic (exact) mass is 388 g/mol. The van der Waals surface area contributed by atoms with Gasteiger partial charge in [0.05, 0.1) is 4.47 Å². The molecule has 1 aliphatic rings. The Morgan fingerprint density at radius 3 is 2.75 bits per heavy atom. The quantitative estimate of drug-likeness (QED) is 0.812. The molecule has 0 unspecified atom stereocenters. The van der Waals surface area contributed by atoms with E-state index in [1.165, 1.54) is 11.1 Å². The van der Waals surface area contributed by atoms with Crippen molar-refractivity contribution in [2.24, 2.45) is 0 Å². The molecule has 0 saturated carbocycles. The van der Waals surface area contributed by atoms with E-state index in [4.69, 9.17) is 4.74 Å². The summed E-state index contributed by atoms with van der Waals surface area (Å²) < 4.78 is 6.95. The van der Waals surface area contributed by atoms with Gasteiger partial charge in [-0.05, 0) is 52.5 Å². The van der Waals surface area contributed by atoms with Crippen LogP contribution >= 0.6 is 15.9 Å². The van der Waals surface area contributed by atoms with Gasteiger partial charge in [0, 0.05) is 32.2 Å². The van der Waals surface area contributed by atoms with Gasteiger partial charge in [0.1, 0.15) is 12.4 Å². The van der Waals surface area contributed by atoms with Gasteiger partial charge in [0.15, 0.2) is 0 Å². The molecule has 1 heterocycles. The number of benzene rings is 2. The molecule has 0 amide bonds. The maximum Gasteiger partial charge on any atom is 0.134 e. The fraction of sp³-hybridized carbons (Fsp3) is 0.400. The number of halogens is 1. The van der Waals surface area contributed by atoms with Crippen LogP contribution in [0.2, 0.25) is 0 Å². The summed E-state index contributed by atoms with van der Waals surface area (Å²) in [6.07, 6.45) is 1.07. The molecule has 2 aromatic carbocycles. The molecule has 3 rings (SSSR count). The fourth-order valence-electron chi connectivity index (χ4n) is 3.05. The molecule has 2 aromatic rings. The molecule has 0 spiro atoms. The Labute approximate surface area is 153 Å². The lowest BCUT2D eigenvalue weighted by Gasteiger charge is -2.31. The molecule has 1 saturated heterocycles. The van der Waals surface area contributed by atoms with Gasteiger partial charge in [0.25, 0.3) is 0 Å². The second-order valence-corrected chi connectivity index (χ2v) is 7.30. The minimum Gasteiger partial charge on any atom is -0.488 e. The largest absolute Gasteiger partial charge is 0.488 e. The van der Waals surface area contributed by atoms with E-state index in [2.05, 4.69) is 63.4 Å². The summed E-state index contributed by atoms with van der Waals surface area (Å²) in [6, 6.07) is 17.3. The summed E-state index contributed by atoms with van der Waals surface area (Å²) in [4.78, 5) is 2.54. The van der Waals surface area contributed by atoms with Crippen LogP contribution in [0, 0.1) is 0 Å². The minimum absolute atomic E-state index is 0.595. The van der Waals surface area contributed by atoms with E-state index in [0.29, 0.717) is 12.6 Å². The van der Waals surface area contributed by atoms with E-state index >= 15 is 0 Å². The molecule has 4 heteroatoms. The zero-order valence-corrected chi connectivity index (χ0v) is 15.8. The second kappa shape index (κ2) is 8.65. The Morgan fingerprint density at radius 1 is 1.17 bits per heavy atom. The van der Waals surface area contributed by atoms with Crippen LogP contribution in [0.25, 0.3) is 0 Å². The highest BCUT2D eigenvalue weighted by Crippen LogP contribution is 2.27. The highest BCUT2D eigenvalue weighted by atomic mass is 79.9. The Morgan fingerprint density at radius 2 is 2.00 bits per heavy atom. The van der Waals surface area contributed by atoms with E-state index in [0.717, 1.165) is 42.8 Å². The lowest BCUT2D eigenvalue weighted by molar-refractivity contribution is 0.209. The molecule has 0 aliphatic carbocycles. The summed E-state index contributed by atoms with van der Waals surface area (Å²) in [6.45, 7) is 7.34. The van der Waals surface area contributed by atoms with Gasteiger partial charge in [-0.2, -0.15) is 0 Å². The first-order valence-corrected chi connectivity index (χ1v) is 9.41. The van der Waals surface area contributed by atoms with Crippen molar-refractivity contribution < 1.29 is 4.74 Å². The van der Waals surface area contributed by atoms with Crippen molar-refractivity contribution in [3.63, 3.8) is 0 Å². The lowest BCUT2D eigenvalue weighted by Crippen LogP contribution is -2.49. The second-order valence-electron chi connectivity index (χ2n) is 6.44. The van der Waals surface area contributed by atoms with Crippen LogP contribution in [-0.2, 0) is 13.0 Å². The topological polar surface area (TPSA) is 24.5 Å². The third-order valence-corrected chi connectivity index (χ3v) is 5.02. The van der Waals surface area contributed by atoms with Gasteiger partial charge in [0.2, 0.25) is 0 Å². The predicted molar refractivity (Wildman–Crippen MR) is 103 cm³/mol. The molecule has 0 radical (unpaired) electrons. The molecule has 24 heavy (non-hydrogen) atoms. The number of hydrogen-bond acceptors (Lipinski definition) is 3. The number of rotatable bonds is 6. The zero-order chi connectivity index (χ0) is 16.8. The van der Waals surface area contributed by atoms with E-state index < -0.39 is 0 Å². The first-order valence-electron chi connectivity index (χ1n) is 8.61. The molecule has 0 bridgehead atoms. The molecular weight excluding hydrogens is 364 g/mol. The van der Waals surface area contributed by atoms with Crippen LogP contribution < -0.4 is 10.1 Å². The molecule has 1 fully saturated rings. The highest BCUT2D eigenvalue weighted by molar-refractivity contribution is 9.10. The Kier molecular flexibility index (Phi) is 6.30.